The summed E-state index contributed by atoms with van der Waals surface area (Å²) in [6.45, 7) is 7.03. The summed E-state index contributed by atoms with van der Waals surface area (Å²) in [5, 5.41) is 3.09. The summed E-state index contributed by atoms with van der Waals surface area (Å²) in [5.41, 5.74) is 4.97. The third-order valence-electron chi connectivity index (χ3n) is 7.37. The van der Waals surface area contributed by atoms with E-state index in [1.807, 2.05) is 20.2 Å². The molecule has 5 rings (SSSR count). The number of anilines is 1. The van der Waals surface area contributed by atoms with E-state index in [1.165, 1.54) is 49.2 Å². The number of hydrogen-bond acceptors (Lipinski definition) is 4. The molecule has 0 aromatic heterocycles. The largest absolute Gasteiger partial charge is 0.366 e. The van der Waals surface area contributed by atoms with Gasteiger partial charge in [-0.1, -0.05) is 30.3 Å². The van der Waals surface area contributed by atoms with Gasteiger partial charge in [0.2, 0.25) is 0 Å². The second-order valence-electron chi connectivity index (χ2n) is 10.3. The van der Waals surface area contributed by atoms with Crippen LogP contribution in [-0.4, -0.2) is 69.1 Å². The Balaban J connectivity index is 1.40. The number of amides is 1. The number of benzene rings is 2. The van der Waals surface area contributed by atoms with Crippen molar-refractivity contribution in [3.05, 3.63) is 65.2 Å². The molecule has 1 N–H and O–H groups in total. The summed E-state index contributed by atoms with van der Waals surface area (Å²) in [4.78, 5) is 20.2. The van der Waals surface area contributed by atoms with Crippen LogP contribution in [0.1, 0.15) is 40.7 Å². The molecule has 2 aromatic carbocycles. The number of rotatable bonds is 8. The smallest absolute Gasteiger partial charge is 0.251 e. The number of nitrogens with one attached hydrogen (secondary N) is 1. The Labute approximate surface area is 192 Å². The monoisotopic (exact) mass is 432 g/mol. The number of carbonyl (C=O) groups is 1. The van der Waals surface area contributed by atoms with Gasteiger partial charge in [-0.25, -0.2) is 0 Å². The molecule has 1 saturated heterocycles. The van der Waals surface area contributed by atoms with Gasteiger partial charge in [0.25, 0.3) is 5.91 Å². The number of nitrogens with zero attached hydrogens (tertiary/aromatic N) is 3. The van der Waals surface area contributed by atoms with Gasteiger partial charge in [0.15, 0.2) is 0 Å². The van der Waals surface area contributed by atoms with E-state index >= 15 is 0 Å². The topological polar surface area (TPSA) is 38.8 Å². The highest BCUT2D eigenvalue weighted by molar-refractivity contribution is 5.95. The van der Waals surface area contributed by atoms with Crippen molar-refractivity contribution in [2.45, 2.75) is 31.2 Å². The van der Waals surface area contributed by atoms with Crippen LogP contribution in [0.5, 0.6) is 0 Å². The van der Waals surface area contributed by atoms with Gasteiger partial charge in [0.05, 0.1) is 0 Å². The molecule has 32 heavy (non-hydrogen) atoms. The second-order valence-corrected chi connectivity index (χ2v) is 10.3. The molecular formula is C27H36N4O. The highest BCUT2D eigenvalue weighted by Crippen LogP contribution is 2.48. The zero-order valence-corrected chi connectivity index (χ0v) is 19.5. The normalized spacial score (nSPS) is 22.7. The van der Waals surface area contributed by atoms with Crippen LogP contribution in [0, 0.1) is 5.92 Å². The van der Waals surface area contributed by atoms with E-state index in [0.717, 1.165) is 37.7 Å². The molecule has 2 aliphatic heterocycles. The molecule has 2 aromatic rings. The molecule has 3 aliphatic rings. The fraction of sp³-hybridized carbons (Fsp3) is 0.519. The summed E-state index contributed by atoms with van der Waals surface area (Å²) in [7, 11) is 4.06. The lowest BCUT2D eigenvalue weighted by molar-refractivity contribution is 0.0951. The van der Waals surface area contributed by atoms with Crippen LogP contribution in [0.2, 0.25) is 0 Å². The Morgan fingerprint density at radius 1 is 1.12 bits per heavy atom. The molecule has 1 atom stereocenters. The molecule has 1 aliphatic carbocycles. The van der Waals surface area contributed by atoms with Crippen molar-refractivity contribution in [1.82, 2.24) is 15.1 Å². The molecule has 1 amide bonds. The first-order valence-electron chi connectivity index (χ1n) is 12.1. The van der Waals surface area contributed by atoms with Gasteiger partial charge in [-0.15, -0.1) is 0 Å². The predicted molar refractivity (Wildman–Crippen MR) is 130 cm³/mol. The first-order valence-corrected chi connectivity index (χ1v) is 12.1. The third-order valence-corrected chi connectivity index (χ3v) is 7.37. The summed E-state index contributed by atoms with van der Waals surface area (Å²) in [6, 6.07) is 17.2. The van der Waals surface area contributed by atoms with Crippen LogP contribution < -0.4 is 10.2 Å². The summed E-state index contributed by atoms with van der Waals surface area (Å²) in [5.74, 6) is 0.958. The molecule has 0 radical (unpaired) electrons. The van der Waals surface area contributed by atoms with Gasteiger partial charge >= 0.3 is 0 Å². The van der Waals surface area contributed by atoms with Gasteiger partial charge < -0.3 is 20.0 Å². The van der Waals surface area contributed by atoms with E-state index in [1.54, 1.807) is 0 Å². The van der Waals surface area contributed by atoms with Crippen molar-refractivity contribution in [2.24, 2.45) is 5.92 Å². The molecule has 0 bridgehead atoms. The molecule has 1 saturated carbocycles. The average Bonchev–Trinajstić information content (AvgIpc) is 3.44. The van der Waals surface area contributed by atoms with Crippen molar-refractivity contribution in [3.8, 4) is 0 Å². The molecular weight excluding hydrogens is 396 g/mol. The lowest BCUT2D eigenvalue weighted by atomic mass is 9.81. The van der Waals surface area contributed by atoms with Gasteiger partial charge in [-0.3, -0.25) is 4.79 Å². The van der Waals surface area contributed by atoms with Crippen molar-refractivity contribution in [1.29, 1.82) is 0 Å². The maximum atomic E-state index is 12.9. The van der Waals surface area contributed by atoms with Crippen LogP contribution in [0.25, 0.3) is 0 Å². The Bertz CT molecular complexity index is 955. The molecule has 1 spiro atoms. The minimum Gasteiger partial charge on any atom is -0.366 e. The molecule has 2 fully saturated rings. The predicted octanol–water partition coefficient (Wildman–Crippen LogP) is 3.35. The summed E-state index contributed by atoms with van der Waals surface area (Å²) >= 11 is 0. The number of likely N-dealkylation sites (N-methyl/N-ethyl adjacent to an activating group) is 1. The number of fused-ring (bicyclic) bond motifs is 2. The van der Waals surface area contributed by atoms with Crippen LogP contribution >= 0.6 is 0 Å². The van der Waals surface area contributed by atoms with Crippen molar-refractivity contribution in [3.63, 3.8) is 0 Å². The fourth-order valence-corrected chi connectivity index (χ4v) is 5.48. The average molecular weight is 433 g/mol. The van der Waals surface area contributed by atoms with E-state index in [0.29, 0.717) is 6.54 Å². The lowest BCUT2D eigenvalue weighted by Crippen LogP contribution is -2.37. The maximum Gasteiger partial charge on any atom is 0.251 e. The van der Waals surface area contributed by atoms with Crippen molar-refractivity contribution in [2.75, 3.05) is 58.3 Å². The van der Waals surface area contributed by atoms with Crippen LogP contribution in [0.4, 0.5) is 5.69 Å². The summed E-state index contributed by atoms with van der Waals surface area (Å²) in [6.07, 6.45) is 3.98. The summed E-state index contributed by atoms with van der Waals surface area (Å²) < 4.78 is 0. The van der Waals surface area contributed by atoms with E-state index in [4.69, 9.17) is 0 Å². The molecule has 5 heteroatoms. The van der Waals surface area contributed by atoms with Gasteiger partial charge in [-0.2, -0.15) is 0 Å². The zero-order valence-electron chi connectivity index (χ0n) is 19.5. The molecule has 2 heterocycles. The van der Waals surface area contributed by atoms with Gasteiger partial charge in [0.1, 0.15) is 0 Å². The van der Waals surface area contributed by atoms with E-state index in [9.17, 15) is 4.79 Å². The van der Waals surface area contributed by atoms with E-state index < -0.39 is 0 Å². The van der Waals surface area contributed by atoms with Crippen LogP contribution in [-0.2, 0) is 12.0 Å². The SMILES string of the molecule is CN(C)CCNC(=O)c1ccc2c(c1)C1(CCN(CC3CC3)C1)CN2Cc1ccccc1. The lowest BCUT2D eigenvalue weighted by Gasteiger charge is -2.27. The third kappa shape index (κ3) is 4.55. The molecule has 170 valence electrons. The van der Waals surface area contributed by atoms with Crippen LogP contribution in [0.3, 0.4) is 0 Å². The Kier molecular flexibility index (Phi) is 5.95. The Morgan fingerprint density at radius 2 is 1.94 bits per heavy atom. The Morgan fingerprint density at radius 3 is 2.69 bits per heavy atom. The van der Waals surface area contributed by atoms with Gasteiger partial charge in [0, 0.05) is 55.9 Å². The number of carbonyl (C=O) groups excluding carboxylic acids is 1. The van der Waals surface area contributed by atoms with Crippen molar-refractivity contribution >= 4 is 11.6 Å². The molecule has 1 unspecified atom stereocenters. The number of hydrogen-bond donors (Lipinski definition) is 1. The minimum absolute atomic E-state index is 0.0409. The van der Waals surface area contributed by atoms with Crippen LogP contribution in [0.15, 0.2) is 48.5 Å². The minimum atomic E-state index is 0.0409. The quantitative estimate of drug-likeness (QED) is 0.694. The van der Waals surface area contributed by atoms with E-state index in [-0.39, 0.29) is 11.3 Å². The highest BCUT2D eigenvalue weighted by atomic mass is 16.1. The standard InChI is InChI=1S/C27H36N4O/c1-29(2)15-13-28-26(32)23-10-11-25-24(16-23)27(12-14-30(19-27)17-22-8-9-22)20-31(25)18-21-6-4-3-5-7-21/h3-7,10-11,16,22H,8-9,12-15,17-20H2,1-2H3,(H,28,32). The maximum absolute atomic E-state index is 12.9. The van der Waals surface area contributed by atoms with Crippen molar-refractivity contribution < 1.29 is 4.79 Å². The van der Waals surface area contributed by atoms with Gasteiger partial charge in [-0.05, 0) is 75.1 Å². The first-order chi connectivity index (χ1) is 15.5. The Hall–Kier alpha value is -2.37. The first kappa shape index (κ1) is 21.5. The number of likely N-dealkylation sites (tertiary alicyclic amines) is 1. The van der Waals surface area contributed by atoms with E-state index in [2.05, 4.69) is 62.5 Å². The highest BCUT2D eigenvalue weighted by Gasteiger charge is 2.48. The second kappa shape index (κ2) is 8.87. The molecule has 5 nitrogen and oxygen atoms in total. The zero-order chi connectivity index (χ0) is 22.1. The fourth-order valence-electron chi connectivity index (χ4n) is 5.48.